The predicted molar refractivity (Wildman–Crippen MR) is 93.6 cm³/mol. The molecule has 1 aromatic carbocycles. The van der Waals surface area contributed by atoms with E-state index in [1.165, 1.54) is 10.5 Å². The number of esters is 1. The number of ether oxygens (including phenoxy) is 1. The molecular formula is C19H15N3O3. The number of pyridine rings is 1. The Morgan fingerprint density at radius 1 is 1.16 bits per heavy atom. The number of hydrogen-bond donors (Lipinski definition) is 1. The molecule has 0 bridgehead atoms. The minimum atomic E-state index is -0.484. The molecule has 3 heterocycles. The molecule has 0 aliphatic rings. The third-order valence-corrected chi connectivity index (χ3v) is 4.03. The number of rotatable bonds is 3. The lowest BCUT2D eigenvalue weighted by Gasteiger charge is -2.07. The standard InChI is InChI=1S/C19H15N3O3/c1-12-5-4-8-17-20-14(10-18(23)22(12)17)11-25-19(24)16-9-13-6-2-3-7-15(13)21-16/h2-10,21H,11H2,1H3. The Morgan fingerprint density at radius 3 is 2.84 bits per heavy atom. The van der Waals surface area contributed by atoms with Crippen molar-refractivity contribution in [3.8, 4) is 0 Å². The van der Waals surface area contributed by atoms with Gasteiger partial charge in [-0.05, 0) is 31.2 Å². The minimum Gasteiger partial charge on any atom is -0.455 e. The Balaban J connectivity index is 1.57. The number of aryl methyl sites for hydroxylation is 1. The first-order chi connectivity index (χ1) is 12.1. The molecule has 0 aliphatic heterocycles. The fourth-order valence-electron chi connectivity index (χ4n) is 2.84. The van der Waals surface area contributed by atoms with E-state index < -0.39 is 5.97 Å². The van der Waals surface area contributed by atoms with E-state index >= 15 is 0 Å². The summed E-state index contributed by atoms with van der Waals surface area (Å²) < 4.78 is 6.81. The second-order valence-corrected chi connectivity index (χ2v) is 5.79. The normalized spacial score (nSPS) is 11.1. The van der Waals surface area contributed by atoms with Gasteiger partial charge in [0.1, 0.15) is 17.9 Å². The summed E-state index contributed by atoms with van der Waals surface area (Å²) in [6.45, 7) is 1.78. The lowest BCUT2D eigenvalue weighted by atomic mass is 10.2. The number of nitrogens with zero attached hydrogens (tertiary/aromatic N) is 2. The van der Waals surface area contributed by atoms with E-state index in [-0.39, 0.29) is 12.2 Å². The first kappa shape index (κ1) is 15.1. The van der Waals surface area contributed by atoms with E-state index in [1.54, 1.807) is 12.1 Å². The summed E-state index contributed by atoms with van der Waals surface area (Å²) in [7, 11) is 0. The van der Waals surface area contributed by atoms with Crippen LogP contribution in [0.5, 0.6) is 0 Å². The van der Waals surface area contributed by atoms with Crippen LogP contribution in [-0.2, 0) is 11.3 Å². The van der Waals surface area contributed by atoms with Crippen molar-refractivity contribution in [2.45, 2.75) is 13.5 Å². The van der Waals surface area contributed by atoms with Gasteiger partial charge in [0.25, 0.3) is 5.56 Å². The SMILES string of the molecule is Cc1cccc2nc(COC(=O)c3cc4ccccc4[nH]3)cc(=O)n12. The molecule has 1 N–H and O–H groups in total. The van der Waals surface area contributed by atoms with Gasteiger partial charge in [0.15, 0.2) is 0 Å². The third kappa shape index (κ3) is 2.78. The van der Waals surface area contributed by atoms with Crippen LogP contribution in [0.1, 0.15) is 21.9 Å². The first-order valence-electron chi connectivity index (χ1n) is 7.85. The number of fused-ring (bicyclic) bond motifs is 2. The van der Waals surface area contributed by atoms with Crippen LogP contribution in [0.3, 0.4) is 0 Å². The molecule has 0 fully saturated rings. The van der Waals surface area contributed by atoms with Gasteiger partial charge in [-0.3, -0.25) is 9.20 Å². The molecule has 0 atom stereocenters. The zero-order valence-electron chi connectivity index (χ0n) is 13.5. The predicted octanol–water partition coefficient (Wildman–Crippen LogP) is 2.84. The van der Waals surface area contributed by atoms with Gasteiger partial charge in [0, 0.05) is 22.7 Å². The highest BCUT2D eigenvalue weighted by molar-refractivity contribution is 5.94. The highest BCUT2D eigenvalue weighted by atomic mass is 16.5. The maximum Gasteiger partial charge on any atom is 0.355 e. The second kappa shape index (κ2) is 5.90. The van der Waals surface area contributed by atoms with Crippen molar-refractivity contribution in [3.63, 3.8) is 0 Å². The summed E-state index contributed by atoms with van der Waals surface area (Å²) in [5, 5.41) is 0.937. The second-order valence-electron chi connectivity index (χ2n) is 5.79. The Bertz CT molecular complexity index is 1120. The molecule has 4 rings (SSSR count). The fraction of sp³-hybridized carbons (Fsp3) is 0.105. The van der Waals surface area contributed by atoms with Gasteiger partial charge in [0.2, 0.25) is 0 Å². The number of carbonyl (C=O) groups is 1. The van der Waals surface area contributed by atoms with Crippen molar-refractivity contribution >= 4 is 22.5 Å². The van der Waals surface area contributed by atoms with Crippen molar-refractivity contribution < 1.29 is 9.53 Å². The largest absolute Gasteiger partial charge is 0.455 e. The lowest BCUT2D eigenvalue weighted by Crippen LogP contribution is -2.18. The average Bonchev–Trinajstić information content (AvgIpc) is 3.03. The maximum atomic E-state index is 12.2. The van der Waals surface area contributed by atoms with Crippen LogP contribution < -0.4 is 5.56 Å². The number of aromatic nitrogens is 3. The van der Waals surface area contributed by atoms with Gasteiger partial charge in [-0.15, -0.1) is 0 Å². The molecule has 6 nitrogen and oxygen atoms in total. The summed E-state index contributed by atoms with van der Waals surface area (Å²) in [4.78, 5) is 31.9. The Hall–Kier alpha value is -3.41. The molecule has 0 aliphatic carbocycles. The van der Waals surface area contributed by atoms with E-state index in [9.17, 15) is 9.59 Å². The number of hydrogen-bond acceptors (Lipinski definition) is 4. The molecule has 4 aromatic rings. The molecule has 124 valence electrons. The molecule has 3 aromatic heterocycles. The van der Waals surface area contributed by atoms with Crippen molar-refractivity contribution in [2.75, 3.05) is 0 Å². The number of nitrogens with one attached hydrogen (secondary N) is 1. The van der Waals surface area contributed by atoms with Gasteiger partial charge in [-0.1, -0.05) is 24.3 Å². The molecule has 25 heavy (non-hydrogen) atoms. The Labute approximate surface area is 142 Å². The van der Waals surface area contributed by atoms with Crippen LogP contribution in [0.2, 0.25) is 0 Å². The zero-order chi connectivity index (χ0) is 17.4. The molecule has 0 amide bonds. The summed E-state index contributed by atoms with van der Waals surface area (Å²) in [6.07, 6.45) is 0. The van der Waals surface area contributed by atoms with E-state index in [4.69, 9.17) is 4.74 Å². The number of para-hydroxylation sites is 1. The van der Waals surface area contributed by atoms with Crippen molar-refractivity contribution in [3.05, 3.63) is 82.0 Å². The van der Waals surface area contributed by atoms with Gasteiger partial charge in [-0.25, -0.2) is 9.78 Å². The topological polar surface area (TPSA) is 76.5 Å². The molecular weight excluding hydrogens is 318 g/mol. The van der Waals surface area contributed by atoms with E-state index in [0.29, 0.717) is 17.0 Å². The lowest BCUT2D eigenvalue weighted by molar-refractivity contribution is 0.0462. The number of carbonyl (C=O) groups excluding carboxylic acids is 1. The molecule has 6 heteroatoms. The monoisotopic (exact) mass is 333 g/mol. The molecule has 0 spiro atoms. The van der Waals surface area contributed by atoms with Crippen molar-refractivity contribution in [1.82, 2.24) is 14.4 Å². The molecule has 0 radical (unpaired) electrons. The Morgan fingerprint density at radius 2 is 2.00 bits per heavy atom. The van der Waals surface area contributed by atoms with Gasteiger partial charge in [0.05, 0.1) is 5.69 Å². The van der Waals surface area contributed by atoms with E-state index in [0.717, 1.165) is 16.6 Å². The highest BCUT2D eigenvalue weighted by Crippen LogP contribution is 2.15. The van der Waals surface area contributed by atoms with E-state index in [2.05, 4.69) is 9.97 Å². The summed E-state index contributed by atoms with van der Waals surface area (Å²) in [5.74, 6) is -0.484. The van der Waals surface area contributed by atoms with Crippen LogP contribution >= 0.6 is 0 Å². The molecule has 0 unspecified atom stereocenters. The van der Waals surface area contributed by atoms with Gasteiger partial charge >= 0.3 is 5.97 Å². The smallest absolute Gasteiger partial charge is 0.355 e. The number of aromatic amines is 1. The number of benzene rings is 1. The van der Waals surface area contributed by atoms with Gasteiger partial charge < -0.3 is 9.72 Å². The first-order valence-corrected chi connectivity index (χ1v) is 7.85. The third-order valence-electron chi connectivity index (χ3n) is 4.03. The van der Waals surface area contributed by atoms with Crippen LogP contribution in [0.4, 0.5) is 0 Å². The zero-order valence-corrected chi connectivity index (χ0v) is 13.5. The summed E-state index contributed by atoms with van der Waals surface area (Å²) >= 11 is 0. The van der Waals surface area contributed by atoms with Crippen LogP contribution in [0, 0.1) is 6.92 Å². The average molecular weight is 333 g/mol. The van der Waals surface area contributed by atoms with Crippen LogP contribution in [0.15, 0.2) is 59.4 Å². The summed E-state index contributed by atoms with van der Waals surface area (Å²) in [6, 6.07) is 16.1. The van der Waals surface area contributed by atoms with Crippen molar-refractivity contribution in [1.29, 1.82) is 0 Å². The van der Waals surface area contributed by atoms with Gasteiger partial charge in [-0.2, -0.15) is 0 Å². The quantitative estimate of drug-likeness (QED) is 0.585. The van der Waals surface area contributed by atoms with Crippen LogP contribution in [-0.4, -0.2) is 20.3 Å². The van der Waals surface area contributed by atoms with Crippen LogP contribution in [0.25, 0.3) is 16.6 Å². The number of H-pyrrole nitrogens is 1. The highest BCUT2D eigenvalue weighted by Gasteiger charge is 2.12. The Kier molecular flexibility index (Phi) is 3.57. The van der Waals surface area contributed by atoms with Crippen molar-refractivity contribution in [2.24, 2.45) is 0 Å². The molecule has 0 saturated heterocycles. The maximum absolute atomic E-state index is 12.2. The molecule has 0 saturated carbocycles. The minimum absolute atomic E-state index is 0.0616. The fourth-order valence-corrected chi connectivity index (χ4v) is 2.84. The van der Waals surface area contributed by atoms with E-state index in [1.807, 2.05) is 43.3 Å². The summed E-state index contributed by atoms with van der Waals surface area (Å²) in [5.41, 5.74) is 2.79.